The molecule has 0 saturated heterocycles. The molecule has 2 heterocycles. The van der Waals surface area contributed by atoms with Gasteiger partial charge < -0.3 is 20.5 Å². The number of benzene rings is 1. The van der Waals surface area contributed by atoms with Crippen molar-refractivity contribution >= 4 is 29.1 Å². The van der Waals surface area contributed by atoms with Gasteiger partial charge in [0.15, 0.2) is 5.82 Å². The molecular weight excluding hydrogens is 368 g/mol. The summed E-state index contributed by atoms with van der Waals surface area (Å²) in [6, 6.07) is 7.01. The largest absolute Gasteiger partial charge is 0.496 e. The smallest absolute Gasteiger partial charge is 0.229 e. The molecule has 27 heavy (non-hydrogen) atoms. The van der Waals surface area contributed by atoms with Crippen molar-refractivity contribution < 1.29 is 9.84 Å². The van der Waals surface area contributed by atoms with Crippen molar-refractivity contribution in [3.05, 3.63) is 53.4 Å². The molecule has 3 rings (SSSR count). The number of ether oxygens (including phenoxy) is 1. The Morgan fingerprint density at radius 1 is 1.30 bits per heavy atom. The fourth-order valence-corrected chi connectivity index (χ4v) is 2.75. The Balaban J connectivity index is 1.82. The quantitative estimate of drug-likeness (QED) is 0.545. The van der Waals surface area contributed by atoms with E-state index < -0.39 is 6.04 Å². The van der Waals surface area contributed by atoms with Crippen LogP contribution >= 0.6 is 11.6 Å². The minimum absolute atomic E-state index is 0.160. The number of aliphatic hydroxyl groups excluding tert-OH is 1. The highest BCUT2D eigenvalue weighted by atomic mass is 35.5. The van der Waals surface area contributed by atoms with E-state index in [9.17, 15) is 5.11 Å². The van der Waals surface area contributed by atoms with Crippen LogP contribution in [0.1, 0.15) is 18.5 Å². The lowest BCUT2D eigenvalue weighted by Gasteiger charge is -2.20. The van der Waals surface area contributed by atoms with E-state index in [-0.39, 0.29) is 6.61 Å². The van der Waals surface area contributed by atoms with E-state index in [1.165, 1.54) is 6.20 Å². The number of aliphatic hydroxyl groups is 1. The van der Waals surface area contributed by atoms with E-state index in [0.29, 0.717) is 22.5 Å². The molecule has 0 fully saturated rings. The van der Waals surface area contributed by atoms with E-state index in [1.807, 2.05) is 37.4 Å². The highest BCUT2D eigenvalue weighted by Gasteiger charge is 2.17. The van der Waals surface area contributed by atoms with Gasteiger partial charge in [0.25, 0.3) is 0 Å². The third-order valence-electron chi connectivity index (χ3n) is 3.97. The number of aryl methyl sites for hydroxylation is 1. The second-order valence-electron chi connectivity index (χ2n) is 5.72. The van der Waals surface area contributed by atoms with Crippen LogP contribution in [-0.2, 0) is 6.54 Å². The van der Waals surface area contributed by atoms with Gasteiger partial charge >= 0.3 is 0 Å². The highest BCUT2D eigenvalue weighted by molar-refractivity contribution is 6.32. The zero-order chi connectivity index (χ0) is 19.2. The summed E-state index contributed by atoms with van der Waals surface area (Å²) in [5.74, 6) is 1.44. The summed E-state index contributed by atoms with van der Waals surface area (Å²) in [7, 11) is 1.59. The van der Waals surface area contributed by atoms with Gasteiger partial charge in [-0.15, -0.1) is 0 Å². The van der Waals surface area contributed by atoms with E-state index in [2.05, 4.69) is 25.7 Å². The minimum Gasteiger partial charge on any atom is -0.496 e. The molecular formula is C18H21ClN6O2. The summed E-state index contributed by atoms with van der Waals surface area (Å²) in [5, 5.41) is 20.6. The monoisotopic (exact) mass is 388 g/mol. The molecule has 1 atom stereocenters. The van der Waals surface area contributed by atoms with Crippen LogP contribution in [0.2, 0.25) is 5.02 Å². The molecule has 0 bridgehead atoms. The molecule has 0 aliphatic rings. The van der Waals surface area contributed by atoms with Crippen LogP contribution in [0.3, 0.4) is 0 Å². The Hall–Kier alpha value is -2.84. The first-order valence-corrected chi connectivity index (χ1v) is 8.84. The van der Waals surface area contributed by atoms with Crippen LogP contribution in [0, 0.1) is 0 Å². The minimum atomic E-state index is -0.441. The van der Waals surface area contributed by atoms with E-state index in [0.717, 1.165) is 17.8 Å². The number of para-hydroxylation sites is 1. The Bertz CT molecular complexity index is 901. The molecule has 0 amide bonds. The summed E-state index contributed by atoms with van der Waals surface area (Å²) >= 11 is 6.24. The number of hydrogen-bond acceptors (Lipinski definition) is 7. The van der Waals surface area contributed by atoms with Crippen LogP contribution in [0.15, 0.2) is 42.9 Å². The van der Waals surface area contributed by atoms with Gasteiger partial charge in [-0.05, 0) is 13.0 Å². The molecule has 0 spiro atoms. The molecule has 3 N–H and O–H groups in total. The summed E-state index contributed by atoms with van der Waals surface area (Å²) in [6.07, 6.45) is 5.05. The second kappa shape index (κ2) is 8.70. The van der Waals surface area contributed by atoms with E-state index in [4.69, 9.17) is 16.3 Å². The van der Waals surface area contributed by atoms with Crippen LogP contribution in [0.25, 0.3) is 0 Å². The predicted molar refractivity (Wildman–Crippen MR) is 105 cm³/mol. The van der Waals surface area contributed by atoms with Crippen molar-refractivity contribution in [2.75, 3.05) is 24.4 Å². The zero-order valence-corrected chi connectivity index (χ0v) is 15.8. The zero-order valence-electron chi connectivity index (χ0n) is 15.1. The summed E-state index contributed by atoms with van der Waals surface area (Å²) in [5.41, 5.74) is 1.57. The SMILES string of the molecule is CCn1cc(Nc2ncc(Cl)c(NC(CO)c3ccccc3OC)n2)cn1. The number of anilines is 3. The molecule has 1 aromatic carbocycles. The van der Waals surface area contributed by atoms with Gasteiger partial charge in [-0.25, -0.2) is 4.98 Å². The fraction of sp³-hybridized carbons (Fsp3) is 0.278. The van der Waals surface area contributed by atoms with Crippen molar-refractivity contribution in [1.82, 2.24) is 19.7 Å². The molecule has 142 valence electrons. The average molecular weight is 389 g/mol. The number of methoxy groups -OCH3 is 1. The molecule has 0 saturated carbocycles. The van der Waals surface area contributed by atoms with Crippen molar-refractivity contribution in [3.63, 3.8) is 0 Å². The first-order chi connectivity index (χ1) is 13.1. The molecule has 3 aromatic rings. The summed E-state index contributed by atoms with van der Waals surface area (Å²) in [6.45, 7) is 2.62. The van der Waals surface area contributed by atoms with Crippen molar-refractivity contribution in [2.45, 2.75) is 19.5 Å². The second-order valence-corrected chi connectivity index (χ2v) is 6.13. The summed E-state index contributed by atoms with van der Waals surface area (Å²) in [4.78, 5) is 8.61. The van der Waals surface area contributed by atoms with Crippen molar-refractivity contribution in [3.8, 4) is 5.75 Å². The van der Waals surface area contributed by atoms with Gasteiger partial charge in [0.2, 0.25) is 5.95 Å². The molecule has 9 heteroatoms. The lowest BCUT2D eigenvalue weighted by atomic mass is 10.1. The van der Waals surface area contributed by atoms with Crippen molar-refractivity contribution in [2.24, 2.45) is 0 Å². The standard InChI is InChI=1S/C18H21ClN6O2/c1-3-25-10-12(8-21-25)22-18-20-9-14(19)17(24-18)23-15(11-26)13-6-4-5-7-16(13)27-2/h4-10,15,26H,3,11H2,1-2H3,(H2,20,22,23,24). The molecule has 0 aliphatic carbocycles. The molecule has 2 aromatic heterocycles. The van der Waals surface area contributed by atoms with Crippen LogP contribution in [0.4, 0.5) is 17.5 Å². The maximum atomic E-state index is 9.85. The Morgan fingerprint density at radius 2 is 2.11 bits per heavy atom. The van der Waals surface area contributed by atoms with Crippen LogP contribution in [-0.4, -0.2) is 38.6 Å². The van der Waals surface area contributed by atoms with Crippen LogP contribution < -0.4 is 15.4 Å². The lowest BCUT2D eigenvalue weighted by Crippen LogP contribution is -2.17. The third kappa shape index (κ3) is 4.47. The van der Waals surface area contributed by atoms with E-state index in [1.54, 1.807) is 18.0 Å². The van der Waals surface area contributed by atoms with Crippen LogP contribution in [0.5, 0.6) is 5.75 Å². The number of halogens is 1. The average Bonchev–Trinajstić information content (AvgIpc) is 3.16. The molecule has 8 nitrogen and oxygen atoms in total. The van der Waals surface area contributed by atoms with Gasteiger partial charge in [0, 0.05) is 18.3 Å². The maximum Gasteiger partial charge on any atom is 0.229 e. The van der Waals surface area contributed by atoms with E-state index >= 15 is 0 Å². The molecule has 0 radical (unpaired) electrons. The predicted octanol–water partition coefficient (Wildman–Crippen LogP) is 3.24. The van der Waals surface area contributed by atoms with Crippen molar-refractivity contribution in [1.29, 1.82) is 0 Å². The number of aromatic nitrogens is 4. The number of hydrogen-bond donors (Lipinski definition) is 3. The Labute approximate surface area is 162 Å². The number of nitrogens with one attached hydrogen (secondary N) is 2. The highest BCUT2D eigenvalue weighted by Crippen LogP contribution is 2.30. The first-order valence-electron chi connectivity index (χ1n) is 8.47. The topological polar surface area (TPSA) is 97.1 Å². The van der Waals surface area contributed by atoms with Gasteiger partial charge in [-0.2, -0.15) is 10.1 Å². The Kier molecular flexibility index (Phi) is 6.10. The number of rotatable bonds is 8. The van der Waals surface area contributed by atoms with Gasteiger partial charge in [0.05, 0.1) is 37.8 Å². The molecule has 0 aliphatic heterocycles. The van der Waals surface area contributed by atoms with Gasteiger partial charge in [0.1, 0.15) is 10.8 Å². The fourth-order valence-electron chi connectivity index (χ4n) is 2.60. The summed E-state index contributed by atoms with van der Waals surface area (Å²) < 4.78 is 7.17. The van der Waals surface area contributed by atoms with Gasteiger partial charge in [-0.1, -0.05) is 29.8 Å². The molecule has 1 unspecified atom stereocenters. The normalized spacial score (nSPS) is 11.9. The maximum absolute atomic E-state index is 9.85. The Morgan fingerprint density at radius 3 is 2.81 bits per heavy atom. The lowest BCUT2D eigenvalue weighted by molar-refractivity contribution is 0.273. The number of nitrogens with zero attached hydrogens (tertiary/aromatic N) is 4. The van der Waals surface area contributed by atoms with Gasteiger partial charge in [-0.3, -0.25) is 4.68 Å². The third-order valence-corrected chi connectivity index (χ3v) is 4.24. The first kappa shape index (κ1) is 18.9.